The van der Waals surface area contributed by atoms with Crippen molar-refractivity contribution in [1.82, 2.24) is 15.1 Å². The molecular formula is C14H25N3O. The summed E-state index contributed by atoms with van der Waals surface area (Å²) in [5.41, 5.74) is 0. The second-order valence-corrected chi connectivity index (χ2v) is 6.09. The molecule has 3 saturated heterocycles. The smallest absolute Gasteiger partial charge is 0.222 e. The topological polar surface area (TPSA) is 35.6 Å². The van der Waals surface area contributed by atoms with Crippen molar-refractivity contribution in [2.24, 2.45) is 5.92 Å². The molecule has 4 heteroatoms. The summed E-state index contributed by atoms with van der Waals surface area (Å²) in [6, 6.07) is 0.651. The Bertz CT molecular complexity index is 301. The first-order valence-electron chi connectivity index (χ1n) is 7.55. The Morgan fingerprint density at radius 2 is 2.06 bits per heavy atom. The van der Waals surface area contributed by atoms with Crippen LogP contribution in [-0.2, 0) is 4.79 Å². The highest BCUT2D eigenvalue weighted by atomic mass is 16.2. The molecule has 0 aromatic carbocycles. The summed E-state index contributed by atoms with van der Waals surface area (Å²) in [5.74, 6) is 0.984. The third-order valence-electron chi connectivity index (χ3n) is 4.78. The highest BCUT2D eigenvalue weighted by molar-refractivity contribution is 5.76. The highest BCUT2D eigenvalue weighted by Crippen LogP contribution is 2.22. The van der Waals surface area contributed by atoms with Gasteiger partial charge in [-0.15, -0.1) is 0 Å². The lowest BCUT2D eigenvalue weighted by Gasteiger charge is -2.26. The van der Waals surface area contributed by atoms with Crippen molar-refractivity contribution in [1.29, 1.82) is 0 Å². The van der Waals surface area contributed by atoms with Gasteiger partial charge in [0.15, 0.2) is 0 Å². The zero-order valence-corrected chi connectivity index (χ0v) is 11.2. The molecule has 1 amide bonds. The van der Waals surface area contributed by atoms with Gasteiger partial charge in [0.25, 0.3) is 0 Å². The van der Waals surface area contributed by atoms with Crippen LogP contribution < -0.4 is 5.32 Å². The van der Waals surface area contributed by atoms with Crippen molar-refractivity contribution in [2.75, 3.05) is 39.3 Å². The highest BCUT2D eigenvalue weighted by Gasteiger charge is 2.31. The number of nitrogens with one attached hydrogen (secondary N) is 1. The first-order valence-corrected chi connectivity index (χ1v) is 7.55. The third-order valence-corrected chi connectivity index (χ3v) is 4.78. The number of amides is 1. The van der Waals surface area contributed by atoms with Gasteiger partial charge in [-0.2, -0.15) is 0 Å². The standard InChI is InChI=1S/C14H25N3O/c18-14(9-12-4-5-15-10-12)17-8-2-7-16-6-1-3-13(16)11-17/h12-13,15H,1-11H2. The first-order chi connectivity index (χ1) is 8.83. The van der Waals surface area contributed by atoms with E-state index in [1.54, 1.807) is 0 Å². The number of carbonyl (C=O) groups excluding carboxylic acids is 1. The van der Waals surface area contributed by atoms with Crippen LogP contribution in [0.15, 0.2) is 0 Å². The van der Waals surface area contributed by atoms with E-state index in [4.69, 9.17) is 0 Å². The van der Waals surface area contributed by atoms with Crippen LogP contribution in [0.2, 0.25) is 0 Å². The van der Waals surface area contributed by atoms with Gasteiger partial charge in [-0.1, -0.05) is 0 Å². The van der Waals surface area contributed by atoms with Crippen LogP contribution in [0.1, 0.15) is 32.1 Å². The van der Waals surface area contributed by atoms with Crippen molar-refractivity contribution in [3.63, 3.8) is 0 Å². The average Bonchev–Trinajstić information content (AvgIpc) is 2.97. The minimum absolute atomic E-state index is 0.400. The van der Waals surface area contributed by atoms with E-state index >= 15 is 0 Å². The molecule has 0 radical (unpaired) electrons. The largest absolute Gasteiger partial charge is 0.341 e. The van der Waals surface area contributed by atoms with Gasteiger partial charge in [0.05, 0.1) is 0 Å². The second-order valence-electron chi connectivity index (χ2n) is 6.09. The summed E-state index contributed by atoms with van der Waals surface area (Å²) < 4.78 is 0. The van der Waals surface area contributed by atoms with E-state index in [1.807, 2.05) is 0 Å². The molecule has 102 valence electrons. The van der Waals surface area contributed by atoms with Crippen molar-refractivity contribution in [3.05, 3.63) is 0 Å². The van der Waals surface area contributed by atoms with E-state index in [1.165, 1.54) is 32.4 Å². The Balaban J connectivity index is 1.55. The van der Waals surface area contributed by atoms with Gasteiger partial charge in [0.1, 0.15) is 0 Å². The fourth-order valence-electron chi connectivity index (χ4n) is 3.70. The zero-order valence-electron chi connectivity index (χ0n) is 11.2. The molecule has 4 nitrogen and oxygen atoms in total. The molecule has 2 unspecified atom stereocenters. The molecular weight excluding hydrogens is 226 g/mol. The molecule has 2 atom stereocenters. The fourth-order valence-corrected chi connectivity index (χ4v) is 3.70. The van der Waals surface area contributed by atoms with Crippen LogP contribution in [0.25, 0.3) is 0 Å². The van der Waals surface area contributed by atoms with Gasteiger partial charge in [-0.25, -0.2) is 0 Å². The maximum absolute atomic E-state index is 12.4. The normalized spacial score (nSPS) is 33.4. The lowest BCUT2D eigenvalue weighted by Crippen LogP contribution is -2.40. The van der Waals surface area contributed by atoms with Crippen molar-refractivity contribution >= 4 is 5.91 Å². The van der Waals surface area contributed by atoms with Gasteiger partial charge < -0.3 is 10.2 Å². The molecule has 3 heterocycles. The first kappa shape index (κ1) is 12.4. The maximum Gasteiger partial charge on any atom is 0.222 e. The Hall–Kier alpha value is -0.610. The summed E-state index contributed by atoms with van der Waals surface area (Å²) in [5, 5.41) is 3.35. The summed E-state index contributed by atoms with van der Waals surface area (Å²) in [6.07, 6.45) is 5.70. The van der Waals surface area contributed by atoms with Crippen LogP contribution in [0.5, 0.6) is 0 Å². The second kappa shape index (κ2) is 5.57. The van der Waals surface area contributed by atoms with Crippen LogP contribution in [0, 0.1) is 5.92 Å². The molecule has 0 spiro atoms. The van der Waals surface area contributed by atoms with Crippen molar-refractivity contribution in [2.45, 2.75) is 38.1 Å². The molecule has 0 saturated carbocycles. The van der Waals surface area contributed by atoms with Gasteiger partial charge >= 0.3 is 0 Å². The van der Waals surface area contributed by atoms with E-state index in [0.717, 1.165) is 39.0 Å². The van der Waals surface area contributed by atoms with Crippen LogP contribution in [-0.4, -0.2) is 61.0 Å². The minimum Gasteiger partial charge on any atom is -0.341 e. The molecule has 0 bridgehead atoms. The number of carbonyl (C=O) groups is 1. The van der Waals surface area contributed by atoms with Gasteiger partial charge in [0.2, 0.25) is 5.91 Å². The molecule has 1 N–H and O–H groups in total. The monoisotopic (exact) mass is 251 g/mol. The summed E-state index contributed by atoms with van der Waals surface area (Å²) in [7, 11) is 0. The molecule has 0 aromatic rings. The quantitative estimate of drug-likeness (QED) is 0.784. The Kier molecular flexibility index (Phi) is 3.85. The van der Waals surface area contributed by atoms with Gasteiger partial charge in [-0.3, -0.25) is 9.69 Å². The third kappa shape index (κ3) is 2.69. The minimum atomic E-state index is 0.400. The van der Waals surface area contributed by atoms with Crippen molar-refractivity contribution in [3.8, 4) is 0 Å². The fraction of sp³-hybridized carbons (Fsp3) is 0.929. The Morgan fingerprint density at radius 1 is 1.17 bits per heavy atom. The zero-order chi connectivity index (χ0) is 12.4. The van der Waals surface area contributed by atoms with E-state index in [9.17, 15) is 4.79 Å². The number of nitrogens with zero attached hydrogens (tertiary/aromatic N) is 2. The molecule has 3 aliphatic heterocycles. The molecule has 0 aromatic heterocycles. The number of hydrogen-bond acceptors (Lipinski definition) is 3. The van der Waals surface area contributed by atoms with Crippen LogP contribution in [0.4, 0.5) is 0 Å². The van der Waals surface area contributed by atoms with E-state index in [-0.39, 0.29) is 0 Å². The van der Waals surface area contributed by atoms with Crippen LogP contribution in [0.3, 0.4) is 0 Å². The Morgan fingerprint density at radius 3 is 2.89 bits per heavy atom. The molecule has 0 aliphatic carbocycles. The van der Waals surface area contributed by atoms with Crippen LogP contribution >= 0.6 is 0 Å². The summed E-state index contributed by atoms with van der Waals surface area (Å²) in [4.78, 5) is 17.1. The number of fused-ring (bicyclic) bond motifs is 1. The van der Waals surface area contributed by atoms with Crippen molar-refractivity contribution < 1.29 is 4.79 Å². The SMILES string of the molecule is O=C(CC1CCNC1)N1CCCN2CCCC2C1. The number of hydrogen-bond donors (Lipinski definition) is 1. The van der Waals surface area contributed by atoms with E-state index in [0.29, 0.717) is 17.9 Å². The molecule has 18 heavy (non-hydrogen) atoms. The molecule has 3 rings (SSSR count). The van der Waals surface area contributed by atoms with E-state index in [2.05, 4.69) is 15.1 Å². The Labute approximate surface area is 110 Å². The lowest BCUT2D eigenvalue weighted by atomic mass is 10.0. The van der Waals surface area contributed by atoms with Gasteiger partial charge in [-0.05, 0) is 51.2 Å². The average molecular weight is 251 g/mol. The lowest BCUT2D eigenvalue weighted by molar-refractivity contribution is -0.132. The summed E-state index contributed by atoms with van der Waals surface area (Å²) in [6.45, 7) is 6.53. The molecule has 3 aliphatic rings. The maximum atomic E-state index is 12.4. The predicted octanol–water partition coefficient (Wildman–Crippen LogP) is 0.683. The molecule has 3 fully saturated rings. The number of rotatable bonds is 2. The summed E-state index contributed by atoms with van der Waals surface area (Å²) >= 11 is 0. The van der Waals surface area contributed by atoms with E-state index < -0.39 is 0 Å². The van der Waals surface area contributed by atoms with Gasteiger partial charge in [0, 0.05) is 32.1 Å². The predicted molar refractivity (Wildman–Crippen MR) is 71.4 cm³/mol.